The Hall–Kier alpha value is -1.46. The molecule has 0 aromatic heterocycles. The molecule has 0 saturated heterocycles. The van der Waals surface area contributed by atoms with Crippen LogP contribution in [0.2, 0.25) is 0 Å². The molecule has 1 aromatic rings. The van der Waals surface area contributed by atoms with E-state index in [0.29, 0.717) is 31.0 Å². The first kappa shape index (κ1) is 19.9. The van der Waals surface area contributed by atoms with Crippen molar-refractivity contribution in [3.05, 3.63) is 24.3 Å². The maximum absolute atomic E-state index is 12.4. The van der Waals surface area contributed by atoms with Crippen molar-refractivity contribution in [2.75, 3.05) is 20.3 Å². The van der Waals surface area contributed by atoms with Gasteiger partial charge < -0.3 is 20.5 Å². The fourth-order valence-corrected chi connectivity index (χ4v) is 4.16. The summed E-state index contributed by atoms with van der Waals surface area (Å²) in [5.74, 6) is 2.94. The average molecular weight is 369 g/mol. The number of nitrogens with two attached hydrogens (primary N) is 1. The lowest BCUT2D eigenvalue weighted by molar-refractivity contribution is -0.128. The first-order valence-corrected chi connectivity index (χ1v) is 8.97. The molecular weight excluding hydrogens is 340 g/mol. The van der Waals surface area contributed by atoms with Crippen molar-refractivity contribution in [2.45, 2.75) is 38.1 Å². The molecule has 140 valence electrons. The minimum atomic E-state index is 0. The number of benzene rings is 1. The molecule has 2 unspecified atom stereocenters. The van der Waals surface area contributed by atoms with E-state index >= 15 is 0 Å². The number of rotatable bonds is 6. The second-order valence-corrected chi connectivity index (χ2v) is 7.01. The first-order valence-electron chi connectivity index (χ1n) is 8.97. The third-order valence-electron chi connectivity index (χ3n) is 5.51. The van der Waals surface area contributed by atoms with Crippen molar-refractivity contribution in [3.8, 4) is 11.5 Å². The van der Waals surface area contributed by atoms with Gasteiger partial charge in [0.1, 0.15) is 18.1 Å². The van der Waals surface area contributed by atoms with Gasteiger partial charge in [-0.2, -0.15) is 0 Å². The number of hydrogen-bond acceptors (Lipinski definition) is 4. The van der Waals surface area contributed by atoms with E-state index in [1.54, 1.807) is 7.11 Å². The normalized spacial score (nSPS) is 27.8. The molecule has 6 heteroatoms. The molecule has 2 fully saturated rings. The smallest absolute Gasteiger partial charge is 0.223 e. The number of methoxy groups -OCH3 is 1. The minimum absolute atomic E-state index is 0. The number of hydrogen-bond donors (Lipinski definition) is 2. The van der Waals surface area contributed by atoms with Crippen molar-refractivity contribution in [1.82, 2.24) is 5.32 Å². The Labute approximate surface area is 156 Å². The first-order chi connectivity index (χ1) is 11.7. The fourth-order valence-electron chi connectivity index (χ4n) is 4.16. The molecule has 1 aromatic carbocycles. The molecular formula is C19H29ClN2O3. The fraction of sp³-hybridized carbons (Fsp3) is 0.632. The lowest BCUT2D eigenvalue weighted by Gasteiger charge is -2.43. The number of halogens is 1. The molecule has 2 saturated carbocycles. The van der Waals surface area contributed by atoms with E-state index < -0.39 is 0 Å². The van der Waals surface area contributed by atoms with Gasteiger partial charge in [-0.3, -0.25) is 4.79 Å². The molecule has 2 atom stereocenters. The van der Waals surface area contributed by atoms with Gasteiger partial charge in [0.05, 0.1) is 13.7 Å². The van der Waals surface area contributed by atoms with Gasteiger partial charge in [0.25, 0.3) is 0 Å². The molecule has 1 amide bonds. The van der Waals surface area contributed by atoms with E-state index in [0.717, 1.165) is 24.3 Å². The molecule has 0 spiro atoms. The van der Waals surface area contributed by atoms with Crippen LogP contribution in [0.25, 0.3) is 0 Å². The Bertz CT molecular complexity index is 538. The van der Waals surface area contributed by atoms with Crippen LogP contribution in [0.5, 0.6) is 11.5 Å². The van der Waals surface area contributed by atoms with Gasteiger partial charge in [0, 0.05) is 12.0 Å². The zero-order chi connectivity index (χ0) is 16.9. The predicted molar refractivity (Wildman–Crippen MR) is 100 cm³/mol. The highest BCUT2D eigenvalue weighted by atomic mass is 35.5. The summed E-state index contributed by atoms with van der Waals surface area (Å²) in [5.41, 5.74) is 6.29. The van der Waals surface area contributed by atoms with Crippen LogP contribution in [0.15, 0.2) is 24.3 Å². The molecule has 2 bridgehead atoms. The minimum Gasteiger partial charge on any atom is -0.497 e. The van der Waals surface area contributed by atoms with Gasteiger partial charge in [-0.25, -0.2) is 0 Å². The zero-order valence-electron chi connectivity index (χ0n) is 14.8. The summed E-state index contributed by atoms with van der Waals surface area (Å²) in [5, 5.41) is 3.02. The Balaban J connectivity index is 0.00000225. The summed E-state index contributed by atoms with van der Waals surface area (Å²) >= 11 is 0. The van der Waals surface area contributed by atoms with Crippen molar-refractivity contribution < 1.29 is 14.3 Å². The molecule has 0 heterocycles. The highest BCUT2D eigenvalue weighted by Gasteiger charge is 2.40. The van der Waals surface area contributed by atoms with Gasteiger partial charge in [0.2, 0.25) is 5.91 Å². The van der Waals surface area contributed by atoms with Crippen molar-refractivity contribution in [3.63, 3.8) is 0 Å². The second-order valence-electron chi connectivity index (χ2n) is 7.01. The molecule has 2 aliphatic carbocycles. The van der Waals surface area contributed by atoms with Crippen LogP contribution in [0.1, 0.15) is 32.1 Å². The quantitative estimate of drug-likeness (QED) is 0.757. The van der Waals surface area contributed by atoms with Crippen molar-refractivity contribution in [1.29, 1.82) is 0 Å². The molecule has 5 nitrogen and oxygen atoms in total. The topological polar surface area (TPSA) is 73.6 Å². The van der Waals surface area contributed by atoms with Crippen molar-refractivity contribution in [2.24, 2.45) is 23.5 Å². The molecule has 3 N–H and O–H groups in total. The number of ether oxygens (including phenoxy) is 2. The monoisotopic (exact) mass is 368 g/mol. The number of carbonyl (C=O) groups is 1. The predicted octanol–water partition coefficient (Wildman–Crippen LogP) is 2.77. The van der Waals surface area contributed by atoms with Crippen LogP contribution < -0.4 is 20.5 Å². The van der Waals surface area contributed by atoms with Gasteiger partial charge in [-0.05, 0) is 61.8 Å². The van der Waals surface area contributed by atoms with Gasteiger partial charge >= 0.3 is 0 Å². The van der Waals surface area contributed by atoms with E-state index in [4.69, 9.17) is 15.2 Å². The van der Waals surface area contributed by atoms with E-state index in [2.05, 4.69) is 5.32 Å². The number of fused-ring (bicyclic) bond motifs is 2. The number of carbonyl (C=O) groups excluding carboxylic acids is 1. The summed E-state index contributed by atoms with van der Waals surface area (Å²) in [4.78, 5) is 12.4. The van der Waals surface area contributed by atoms with Crippen LogP contribution >= 0.6 is 12.4 Å². The van der Waals surface area contributed by atoms with Crippen LogP contribution in [0, 0.1) is 17.8 Å². The Kier molecular flexibility index (Phi) is 7.38. The molecule has 2 aliphatic rings. The maximum Gasteiger partial charge on any atom is 0.223 e. The lowest BCUT2D eigenvalue weighted by Crippen LogP contribution is -2.49. The summed E-state index contributed by atoms with van der Waals surface area (Å²) in [6.07, 6.45) is 5.53. The third kappa shape index (κ3) is 5.02. The highest BCUT2D eigenvalue weighted by Crippen LogP contribution is 2.41. The van der Waals surface area contributed by atoms with E-state index in [1.807, 2.05) is 24.3 Å². The van der Waals surface area contributed by atoms with Crippen LogP contribution in [-0.2, 0) is 4.79 Å². The molecule has 25 heavy (non-hydrogen) atoms. The summed E-state index contributed by atoms with van der Waals surface area (Å²) in [6.45, 7) is 1.000. The average Bonchev–Trinajstić information content (AvgIpc) is 2.59. The Morgan fingerprint density at radius 2 is 1.76 bits per heavy atom. The number of nitrogens with one attached hydrogen (secondary N) is 1. The van der Waals surface area contributed by atoms with E-state index in [1.165, 1.54) is 19.3 Å². The van der Waals surface area contributed by atoms with Gasteiger partial charge in [-0.15, -0.1) is 12.4 Å². The van der Waals surface area contributed by atoms with E-state index in [-0.39, 0.29) is 24.2 Å². The van der Waals surface area contributed by atoms with Crippen molar-refractivity contribution >= 4 is 18.3 Å². The summed E-state index contributed by atoms with van der Waals surface area (Å²) in [6, 6.07) is 7.76. The van der Waals surface area contributed by atoms with Crippen LogP contribution in [0.4, 0.5) is 0 Å². The van der Waals surface area contributed by atoms with E-state index in [9.17, 15) is 4.79 Å². The largest absolute Gasteiger partial charge is 0.497 e. The zero-order valence-corrected chi connectivity index (χ0v) is 15.6. The molecule has 3 rings (SSSR count). The summed E-state index contributed by atoms with van der Waals surface area (Å²) in [7, 11) is 1.64. The standard InChI is InChI=1S/C19H28N2O3.ClH/c1-23-16-5-7-17(8-6-16)24-10-9-21-19(22)15-11-13-3-2-4-14(12-15)18(13)20;/h5-8,13-15,18H,2-4,9-12,20H2,1H3,(H,21,22);1H. The summed E-state index contributed by atoms with van der Waals surface area (Å²) < 4.78 is 10.8. The van der Waals surface area contributed by atoms with Gasteiger partial charge in [-0.1, -0.05) is 6.42 Å². The highest BCUT2D eigenvalue weighted by molar-refractivity contribution is 5.85. The van der Waals surface area contributed by atoms with Crippen LogP contribution in [0.3, 0.4) is 0 Å². The SMILES string of the molecule is COc1ccc(OCCNC(=O)C2CC3CCCC(C2)C3N)cc1.Cl. The number of amides is 1. The molecule has 0 aliphatic heterocycles. The second kappa shape index (κ2) is 9.30. The Morgan fingerprint density at radius 3 is 2.36 bits per heavy atom. The molecule has 0 radical (unpaired) electrons. The third-order valence-corrected chi connectivity index (χ3v) is 5.51. The van der Waals surface area contributed by atoms with Gasteiger partial charge in [0.15, 0.2) is 0 Å². The Morgan fingerprint density at radius 1 is 1.16 bits per heavy atom. The van der Waals surface area contributed by atoms with Crippen LogP contribution in [-0.4, -0.2) is 32.2 Å². The maximum atomic E-state index is 12.4. The lowest BCUT2D eigenvalue weighted by atomic mass is 9.65.